The highest BCUT2D eigenvalue weighted by atomic mass is 35.5. The summed E-state index contributed by atoms with van der Waals surface area (Å²) >= 11 is 11.9. The summed E-state index contributed by atoms with van der Waals surface area (Å²) in [5.41, 5.74) is 2.13. The van der Waals surface area contributed by atoms with Crippen LogP contribution in [0.4, 0.5) is 4.79 Å². The van der Waals surface area contributed by atoms with E-state index >= 15 is 0 Å². The maximum atomic E-state index is 12.0. The van der Waals surface area contributed by atoms with Gasteiger partial charge >= 0.3 is 6.09 Å². The van der Waals surface area contributed by atoms with E-state index in [1.165, 1.54) is 5.57 Å². The number of nitrogens with zero attached hydrogens (tertiary/aromatic N) is 1. The number of benzene rings is 1. The van der Waals surface area contributed by atoms with Gasteiger partial charge < -0.3 is 4.74 Å². The minimum Gasteiger partial charge on any atom is -0.440 e. The molecule has 1 atom stereocenters. The van der Waals surface area contributed by atoms with Crippen molar-refractivity contribution in [1.29, 1.82) is 0 Å². The molecule has 0 saturated carbocycles. The van der Waals surface area contributed by atoms with Crippen molar-refractivity contribution in [1.82, 2.24) is 4.90 Å². The molecule has 21 heavy (non-hydrogen) atoms. The van der Waals surface area contributed by atoms with Gasteiger partial charge in [-0.05, 0) is 36.1 Å². The van der Waals surface area contributed by atoms with Crippen LogP contribution in [0.3, 0.4) is 0 Å². The highest BCUT2D eigenvalue weighted by Gasteiger charge is 2.33. The van der Waals surface area contributed by atoms with Gasteiger partial charge in [-0.25, -0.2) is 4.79 Å². The van der Waals surface area contributed by atoms with Crippen LogP contribution in [0.25, 0.3) is 0 Å². The fraction of sp³-hybridized carbons (Fsp3) is 0.312. The van der Waals surface area contributed by atoms with Gasteiger partial charge in [-0.15, -0.1) is 0 Å². The van der Waals surface area contributed by atoms with Gasteiger partial charge in [-0.1, -0.05) is 47.5 Å². The fourth-order valence-electron chi connectivity index (χ4n) is 2.58. The number of carbonyl (C=O) groups is 1. The van der Waals surface area contributed by atoms with E-state index in [0.717, 1.165) is 18.4 Å². The van der Waals surface area contributed by atoms with Crippen molar-refractivity contribution in [3.05, 3.63) is 57.6 Å². The van der Waals surface area contributed by atoms with Crippen LogP contribution in [0.1, 0.15) is 18.4 Å². The first-order valence-corrected chi connectivity index (χ1v) is 7.64. The van der Waals surface area contributed by atoms with Gasteiger partial charge in [-0.3, -0.25) is 4.90 Å². The Labute approximate surface area is 133 Å². The average Bonchev–Trinajstić information content (AvgIpc) is 2.85. The van der Waals surface area contributed by atoms with Crippen molar-refractivity contribution in [2.45, 2.75) is 25.5 Å². The van der Waals surface area contributed by atoms with Crippen molar-refractivity contribution < 1.29 is 9.53 Å². The quantitative estimate of drug-likeness (QED) is 0.814. The Morgan fingerprint density at radius 3 is 2.86 bits per heavy atom. The molecule has 0 aromatic heterocycles. The molecule has 0 bridgehead atoms. The van der Waals surface area contributed by atoms with Crippen molar-refractivity contribution >= 4 is 29.3 Å². The van der Waals surface area contributed by atoms with Crippen molar-refractivity contribution in [2.24, 2.45) is 0 Å². The van der Waals surface area contributed by atoms with Crippen LogP contribution in [0.2, 0.25) is 10.0 Å². The molecule has 1 aliphatic heterocycles. The SMILES string of the molecule is O=C1OC(C2=CC=CCC2)CN1Cc1ccc(Cl)c(Cl)c1. The summed E-state index contributed by atoms with van der Waals surface area (Å²) in [6, 6.07) is 5.40. The molecule has 3 nitrogen and oxygen atoms in total. The molecule has 3 rings (SSSR count). The van der Waals surface area contributed by atoms with Crippen LogP contribution < -0.4 is 0 Å². The Hall–Kier alpha value is -1.45. The zero-order chi connectivity index (χ0) is 14.8. The summed E-state index contributed by atoms with van der Waals surface area (Å²) in [6.45, 7) is 1.06. The monoisotopic (exact) mass is 323 g/mol. The molecular formula is C16H15Cl2NO2. The summed E-state index contributed by atoms with van der Waals surface area (Å²) in [5, 5.41) is 1.01. The summed E-state index contributed by atoms with van der Waals surface area (Å²) in [4.78, 5) is 13.7. The molecule has 1 heterocycles. The number of amides is 1. The van der Waals surface area contributed by atoms with E-state index in [2.05, 4.69) is 6.08 Å². The summed E-state index contributed by atoms with van der Waals surface area (Å²) in [7, 11) is 0. The predicted molar refractivity (Wildman–Crippen MR) is 83.6 cm³/mol. The van der Waals surface area contributed by atoms with E-state index in [1.807, 2.05) is 18.2 Å². The van der Waals surface area contributed by atoms with Crippen LogP contribution in [-0.2, 0) is 11.3 Å². The Morgan fingerprint density at radius 1 is 1.29 bits per heavy atom. The second kappa shape index (κ2) is 6.12. The summed E-state index contributed by atoms with van der Waals surface area (Å²) in [6.07, 6.45) is 7.74. The van der Waals surface area contributed by atoms with E-state index in [4.69, 9.17) is 27.9 Å². The standard InChI is InChI=1S/C16H15Cl2NO2/c17-13-7-6-11(8-14(13)18)9-19-10-15(21-16(19)20)12-4-2-1-3-5-12/h1-2,4,6-8,15H,3,5,9-10H2. The molecule has 0 spiro atoms. The molecule has 1 saturated heterocycles. The van der Waals surface area contributed by atoms with Crippen molar-refractivity contribution in [2.75, 3.05) is 6.54 Å². The minimum absolute atomic E-state index is 0.134. The van der Waals surface area contributed by atoms with E-state index in [0.29, 0.717) is 23.1 Å². The predicted octanol–water partition coefficient (Wildman–Crippen LogP) is 4.59. The van der Waals surface area contributed by atoms with Gasteiger partial charge in [0, 0.05) is 6.54 Å². The summed E-state index contributed by atoms with van der Waals surface area (Å²) in [5.74, 6) is 0. The number of hydrogen-bond donors (Lipinski definition) is 0. The number of cyclic esters (lactones) is 1. The first kappa shape index (κ1) is 14.5. The van der Waals surface area contributed by atoms with Crippen LogP contribution in [-0.4, -0.2) is 23.6 Å². The summed E-state index contributed by atoms with van der Waals surface area (Å²) < 4.78 is 5.47. The fourth-order valence-corrected chi connectivity index (χ4v) is 2.90. The Morgan fingerprint density at radius 2 is 2.14 bits per heavy atom. The Kier molecular flexibility index (Phi) is 4.22. The topological polar surface area (TPSA) is 29.5 Å². The van der Waals surface area contributed by atoms with Gasteiger partial charge in [0.25, 0.3) is 0 Å². The Balaban J connectivity index is 1.69. The van der Waals surface area contributed by atoms with Gasteiger partial charge in [0.2, 0.25) is 0 Å². The number of halogens is 2. The van der Waals surface area contributed by atoms with E-state index < -0.39 is 0 Å². The molecule has 1 aromatic rings. The number of hydrogen-bond acceptors (Lipinski definition) is 2. The highest BCUT2D eigenvalue weighted by Crippen LogP contribution is 2.27. The first-order valence-electron chi connectivity index (χ1n) is 6.88. The highest BCUT2D eigenvalue weighted by molar-refractivity contribution is 6.42. The lowest BCUT2D eigenvalue weighted by molar-refractivity contribution is 0.141. The zero-order valence-corrected chi connectivity index (χ0v) is 12.9. The molecule has 1 amide bonds. The molecule has 0 radical (unpaired) electrons. The molecule has 1 unspecified atom stereocenters. The van der Waals surface area contributed by atoms with Gasteiger partial charge in [0.15, 0.2) is 0 Å². The zero-order valence-electron chi connectivity index (χ0n) is 11.4. The first-order chi connectivity index (χ1) is 10.1. The lowest BCUT2D eigenvalue weighted by atomic mass is 10.00. The molecule has 0 N–H and O–H groups in total. The number of carbonyl (C=O) groups excluding carboxylic acids is 1. The molecule has 1 aliphatic carbocycles. The van der Waals surface area contributed by atoms with Gasteiger partial charge in [-0.2, -0.15) is 0 Å². The second-order valence-corrected chi connectivity index (χ2v) is 6.02. The second-order valence-electron chi connectivity index (χ2n) is 5.21. The molecular weight excluding hydrogens is 309 g/mol. The third-order valence-electron chi connectivity index (χ3n) is 3.70. The van der Waals surface area contributed by atoms with Gasteiger partial charge in [0.05, 0.1) is 16.6 Å². The van der Waals surface area contributed by atoms with Crippen molar-refractivity contribution in [3.63, 3.8) is 0 Å². The van der Waals surface area contributed by atoms with Crippen LogP contribution in [0.5, 0.6) is 0 Å². The normalized spacial score (nSPS) is 21.4. The Bertz CT molecular complexity index is 625. The van der Waals surface area contributed by atoms with Gasteiger partial charge in [0.1, 0.15) is 6.10 Å². The number of rotatable bonds is 3. The van der Waals surface area contributed by atoms with E-state index in [9.17, 15) is 4.79 Å². The van der Waals surface area contributed by atoms with E-state index in [1.54, 1.807) is 17.0 Å². The molecule has 1 aromatic carbocycles. The third-order valence-corrected chi connectivity index (χ3v) is 4.44. The maximum absolute atomic E-state index is 12.0. The largest absolute Gasteiger partial charge is 0.440 e. The number of ether oxygens (including phenoxy) is 1. The van der Waals surface area contributed by atoms with Crippen molar-refractivity contribution in [3.8, 4) is 0 Å². The molecule has 2 aliphatic rings. The molecule has 1 fully saturated rings. The van der Waals surface area contributed by atoms with E-state index in [-0.39, 0.29) is 12.2 Å². The lowest BCUT2D eigenvalue weighted by Crippen LogP contribution is -2.25. The lowest BCUT2D eigenvalue weighted by Gasteiger charge is -2.15. The average molecular weight is 324 g/mol. The third kappa shape index (κ3) is 3.25. The maximum Gasteiger partial charge on any atom is 0.410 e. The van der Waals surface area contributed by atoms with Crippen LogP contribution >= 0.6 is 23.2 Å². The van der Waals surface area contributed by atoms with Crippen LogP contribution in [0.15, 0.2) is 42.0 Å². The molecule has 5 heteroatoms. The van der Waals surface area contributed by atoms with Crippen LogP contribution in [0, 0.1) is 0 Å². The minimum atomic E-state index is -0.276. The number of allylic oxidation sites excluding steroid dienone is 3. The smallest absolute Gasteiger partial charge is 0.410 e. The molecule has 110 valence electrons.